The Hall–Kier alpha value is -0.0100. The predicted octanol–water partition coefficient (Wildman–Crippen LogP) is 1.05. The van der Waals surface area contributed by atoms with Gasteiger partial charge in [0.1, 0.15) is 5.21 Å². The van der Waals surface area contributed by atoms with Gasteiger partial charge in [0.25, 0.3) is 0 Å². The molecule has 0 aromatic rings. The molecule has 0 rings (SSSR count). The second-order valence-electron chi connectivity index (χ2n) is 1.98. The molecule has 0 atom stereocenters. The van der Waals surface area contributed by atoms with Crippen LogP contribution in [0.4, 0.5) is 13.2 Å². The number of hydrogen-bond donors (Lipinski definition) is 1. The highest BCUT2D eigenvalue weighted by Crippen LogP contribution is 2.18. The number of rotatable bonds is 4. The normalized spacial score (nSPS) is 13.3. The molecule has 12 heavy (non-hydrogen) atoms. The van der Waals surface area contributed by atoms with Gasteiger partial charge in [-0.1, -0.05) is 0 Å². The Morgan fingerprint density at radius 2 is 1.83 bits per heavy atom. The molecular weight excluding hydrogens is 219 g/mol. The molecule has 3 nitrogen and oxygen atoms in total. The van der Waals surface area contributed by atoms with E-state index in [2.05, 4.69) is 0 Å². The van der Waals surface area contributed by atoms with Crippen molar-refractivity contribution in [2.45, 2.75) is 12.6 Å². The van der Waals surface area contributed by atoms with Crippen LogP contribution in [0.3, 0.4) is 0 Å². The average Bonchev–Trinajstić information content (AvgIpc) is 1.84. The molecule has 0 spiro atoms. The van der Waals surface area contributed by atoms with E-state index in [1.165, 1.54) is 0 Å². The van der Waals surface area contributed by atoms with Gasteiger partial charge in [-0.2, -0.15) is 13.2 Å². The third kappa shape index (κ3) is 6.68. The molecule has 0 aromatic carbocycles. The van der Waals surface area contributed by atoms with Gasteiger partial charge >= 0.3 is 6.18 Å². The van der Waals surface area contributed by atoms with Gasteiger partial charge in [-0.25, -0.2) is 13.1 Å². The topological polar surface area (TPSA) is 46.2 Å². The number of nitrogens with one attached hydrogen (secondary N) is 1. The summed E-state index contributed by atoms with van der Waals surface area (Å²) in [7, 11) is -3.73. The van der Waals surface area contributed by atoms with Crippen LogP contribution >= 0.6 is 11.6 Å². The fourth-order valence-corrected chi connectivity index (χ4v) is 1.11. The second-order valence-corrected chi connectivity index (χ2v) is 4.37. The summed E-state index contributed by atoms with van der Waals surface area (Å²) < 4.78 is 57.0. The highest BCUT2D eigenvalue weighted by atomic mass is 35.5. The van der Waals surface area contributed by atoms with E-state index in [0.717, 1.165) is 0 Å². The first-order chi connectivity index (χ1) is 5.27. The van der Waals surface area contributed by atoms with Crippen LogP contribution in [0.1, 0.15) is 6.42 Å². The second kappa shape index (κ2) is 4.29. The Bertz CT molecular complexity index is 225. The van der Waals surface area contributed by atoms with Crippen LogP contribution in [0, 0.1) is 0 Å². The van der Waals surface area contributed by atoms with Crippen molar-refractivity contribution in [1.82, 2.24) is 4.72 Å². The van der Waals surface area contributed by atoms with E-state index in [1.54, 1.807) is 4.72 Å². The van der Waals surface area contributed by atoms with Gasteiger partial charge in [0.2, 0.25) is 10.0 Å². The first kappa shape index (κ1) is 12.0. The zero-order chi connectivity index (χ0) is 9.83. The zero-order valence-electron chi connectivity index (χ0n) is 5.86. The fourth-order valence-electron chi connectivity index (χ4n) is 0.387. The molecular formula is C4H7ClF3NO2S. The molecule has 0 aliphatic heterocycles. The summed E-state index contributed by atoms with van der Waals surface area (Å²) in [6.07, 6.45) is -5.54. The highest BCUT2D eigenvalue weighted by Gasteiger charge is 2.26. The number of sulfonamides is 1. The first-order valence-corrected chi connectivity index (χ1v) is 5.05. The maximum atomic E-state index is 11.5. The maximum Gasteiger partial charge on any atom is 0.390 e. The van der Waals surface area contributed by atoms with Crippen molar-refractivity contribution < 1.29 is 21.6 Å². The first-order valence-electron chi connectivity index (χ1n) is 2.87. The number of alkyl halides is 4. The van der Waals surface area contributed by atoms with Gasteiger partial charge < -0.3 is 0 Å². The molecule has 0 saturated carbocycles. The molecule has 0 amide bonds. The van der Waals surface area contributed by atoms with Gasteiger partial charge in [-0.05, 0) is 0 Å². The zero-order valence-corrected chi connectivity index (χ0v) is 7.43. The molecule has 8 heteroatoms. The van der Waals surface area contributed by atoms with E-state index in [1.807, 2.05) is 0 Å². The molecule has 74 valence electrons. The van der Waals surface area contributed by atoms with Crippen LogP contribution < -0.4 is 4.72 Å². The number of halogens is 4. The van der Waals surface area contributed by atoms with Gasteiger partial charge in [0, 0.05) is 6.54 Å². The minimum absolute atomic E-state index is 0.668. The summed E-state index contributed by atoms with van der Waals surface area (Å²) in [4.78, 5) is 0. The van der Waals surface area contributed by atoms with Gasteiger partial charge in [0.15, 0.2) is 0 Å². The standard InChI is InChI=1S/C4H7ClF3NO2S/c5-3-12(10,11)9-2-1-4(6,7)8/h9H,1-3H2. The lowest BCUT2D eigenvalue weighted by molar-refractivity contribution is -0.132. The van der Waals surface area contributed by atoms with Crippen molar-refractivity contribution in [3.05, 3.63) is 0 Å². The molecule has 0 radical (unpaired) electrons. The van der Waals surface area contributed by atoms with Crippen LogP contribution in [0.25, 0.3) is 0 Å². The number of hydrogen-bond acceptors (Lipinski definition) is 2. The Kier molecular flexibility index (Phi) is 4.29. The Labute approximate surface area is 72.9 Å². The maximum absolute atomic E-state index is 11.5. The van der Waals surface area contributed by atoms with E-state index in [0.29, 0.717) is 0 Å². The summed E-state index contributed by atoms with van der Waals surface area (Å²) in [6.45, 7) is -0.668. The molecule has 0 bridgehead atoms. The Balaban J connectivity index is 3.73. The minimum Gasteiger partial charge on any atom is -0.214 e. The third-order valence-electron chi connectivity index (χ3n) is 0.874. The molecule has 0 aliphatic rings. The summed E-state index contributed by atoms with van der Waals surface area (Å²) in [5.41, 5.74) is 0. The van der Waals surface area contributed by atoms with E-state index in [4.69, 9.17) is 11.6 Å². The monoisotopic (exact) mass is 225 g/mol. The van der Waals surface area contributed by atoms with E-state index >= 15 is 0 Å². The van der Waals surface area contributed by atoms with Gasteiger partial charge in [0.05, 0.1) is 6.42 Å². The van der Waals surface area contributed by atoms with Crippen molar-refractivity contribution in [3.8, 4) is 0 Å². The minimum atomic E-state index is -4.35. The largest absolute Gasteiger partial charge is 0.390 e. The summed E-state index contributed by atoms with van der Waals surface area (Å²) in [6, 6.07) is 0. The van der Waals surface area contributed by atoms with E-state index in [-0.39, 0.29) is 0 Å². The predicted molar refractivity (Wildman–Crippen MR) is 38.3 cm³/mol. The summed E-state index contributed by atoms with van der Waals surface area (Å²) in [5.74, 6) is 0. The van der Waals surface area contributed by atoms with Crippen LogP contribution in [0.5, 0.6) is 0 Å². The van der Waals surface area contributed by atoms with Gasteiger partial charge in [-0.3, -0.25) is 0 Å². The van der Waals surface area contributed by atoms with E-state index < -0.39 is 34.4 Å². The SMILES string of the molecule is O=S(=O)(CCl)NCCC(F)(F)F. The molecule has 0 fully saturated rings. The van der Waals surface area contributed by atoms with E-state index in [9.17, 15) is 21.6 Å². The molecule has 0 aliphatic carbocycles. The lowest BCUT2D eigenvalue weighted by Gasteiger charge is -2.06. The smallest absolute Gasteiger partial charge is 0.214 e. The summed E-state index contributed by atoms with van der Waals surface area (Å²) in [5, 5.41) is -0.731. The lowest BCUT2D eigenvalue weighted by Crippen LogP contribution is -2.28. The van der Waals surface area contributed by atoms with Crippen molar-refractivity contribution in [1.29, 1.82) is 0 Å². The molecule has 1 N–H and O–H groups in total. The molecule has 0 heterocycles. The molecule has 0 aromatic heterocycles. The van der Waals surface area contributed by atoms with Crippen LogP contribution in [-0.4, -0.2) is 26.4 Å². The third-order valence-corrected chi connectivity index (χ3v) is 2.67. The van der Waals surface area contributed by atoms with Crippen LogP contribution in [0.15, 0.2) is 0 Å². The average molecular weight is 226 g/mol. The fraction of sp³-hybridized carbons (Fsp3) is 1.00. The van der Waals surface area contributed by atoms with Crippen LogP contribution in [0.2, 0.25) is 0 Å². The highest BCUT2D eigenvalue weighted by molar-refractivity contribution is 7.90. The van der Waals surface area contributed by atoms with Crippen molar-refractivity contribution >= 4 is 21.6 Å². The van der Waals surface area contributed by atoms with Gasteiger partial charge in [-0.15, -0.1) is 11.6 Å². The molecule has 0 saturated heterocycles. The van der Waals surface area contributed by atoms with Crippen molar-refractivity contribution in [2.24, 2.45) is 0 Å². The Morgan fingerprint density at radius 1 is 1.33 bits per heavy atom. The quantitative estimate of drug-likeness (QED) is 0.727. The molecule has 0 unspecified atom stereocenters. The van der Waals surface area contributed by atoms with Crippen molar-refractivity contribution in [3.63, 3.8) is 0 Å². The van der Waals surface area contributed by atoms with Crippen molar-refractivity contribution in [2.75, 3.05) is 11.8 Å². The lowest BCUT2D eigenvalue weighted by atomic mass is 10.4. The summed E-state index contributed by atoms with van der Waals surface area (Å²) >= 11 is 4.91. The van der Waals surface area contributed by atoms with Crippen LogP contribution in [-0.2, 0) is 10.0 Å². The Morgan fingerprint density at radius 3 is 2.17 bits per heavy atom.